The number of aryl methyl sites for hydroxylation is 1. The normalized spacial score (nSPS) is 11.3. The summed E-state index contributed by atoms with van der Waals surface area (Å²) in [5.41, 5.74) is 2.47. The van der Waals surface area contributed by atoms with Crippen molar-refractivity contribution in [2.45, 2.75) is 6.92 Å². The van der Waals surface area contributed by atoms with E-state index in [1.165, 1.54) is 0 Å². The molecule has 0 aliphatic carbocycles. The molecule has 7 heteroatoms. The highest BCUT2D eigenvalue weighted by Crippen LogP contribution is 2.23. The topological polar surface area (TPSA) is 79.4 Å². The minimum absolute atomic E-state index is 0.313. The molecule has 26 heavy (non-hydrogen) atoms. The first-order chi connectivity index (χ1) is 12.4. The van der Waals surface area contributed by atoms with Crippen molar-refractivity contribution >= 4 is 38.2 Å². The zero-order valence-corrected chi connectivity index (χ0v) is 15.3. The van der Waals surface area contributed by atoms with Gasteiger partial charge in [0.1, 0.15) is 6.54 Å². The van der Waals surface area contributed by atoms with E-state index in [9.17, 15) is 13.2 Å². The van der Waals surface area contributed by atoms with E-state index in [4.69, 9.17) is 0 Å². The summed E-state index contributed by atoms with van der Waals surface area (Å²) in [6.45, 7) is 1.49. The smallest absolute Gasteiger partial charge is 0.245 e. The summed E-state index contributed by atoms with van der Waals surface area (Å²) in [5.74, 6) is -0.433. The van der Waals surface area contributed by atoms with Crippen LogP contribution in [-0.4, -0.2) is 32.1 Å². The van der Waals surface area contributed by atoms with Gasteiger partial charge in [0.25, 0.3) is 0 Å². The molecule has 0 unspecified atom stereocenters. The zero-order valence-electron chi connectivity index (χ0n) is 14.5. The van der Waals surface area contributed by atoms with Crippen LogP contribution in [0.25, 0.3) is 10.9 Å². The van der Waals surface area contributed by atoms with Gasteiger partial charge < -0.3 is 5.32 Å². The Labute approximate surface area is 152 Å². The number of anilines is 2. The molecule has 0 atom stereocenters. The highest BCUT2D eigenvalue weighted by Gasteiger charge is 2.22. The SMILES string of the molecule is Cc1ccccc1N(CC(=O)Nc1cccc2cccnc12)S(C)(=O)=O. The lowest BCUT2D eigenvalue weighted by molar-refractivity contribution is -0.114. The number of pyridine rings is 1. The lowest BCUT2D eigenvalue weighted by Crippen LogP contribution is -2.37. The molecular formula is C19H19N3O3S. The van der Waals surface area contributed by atoms with E-state index in [-0.39, 0.29) is 6.54 Å². The Morgan fingerprint density at radius 1 is 1.08 bits per heavy atom. The second-order valence-corrected chi connectivity index (χ2v) is 7.89. The quantitative estimate of drug-likeness (QED) is 0.750. The van der Waals surface area contributed by atoms with Crippen LogP contribution in [0.15, 0.2) is 60.8 Å². The minimum atomic E-state index is -3.61. The van der Waals surface area contributed by atoms with Crippen molar-refractivity contribution in [2.24, 2.45) is 0 Å². The van der Waals surface area contributed by atoms with Gasteiger partial charge in [-0.15, -0.1) is 0 Å². The summed E-state index contributed by atoms with van der Waals surface area (Å²) in [6, 6.07) is 16.2. The maximum absolute atomic E-state index is 12.6. The van der Waals surface area contributed by atoms with Crippen molar-refractivity contribution in [3.63, 3.8) is 0 Å². The Hall–Kier alpha value is -2.93. The second-order valence-electron chi connectivity index (χ2n) is 5.98. The molecule has 0 bridgehead atoms. The van der Waals surface area contributed by atoms with Crippen LogP contribution in [0.5, 0.6) is 0 Å². The molecule has 3 aromatic rings. The number of amides is 1. The molecule has 1 aromatic heterocycles. The van der Waals surface area contributed by atoms with Crippen molar-refractivity contribution < 1.29 is 13.2 Å². The van der Waals surface area contributed by atoms with Gasteiger partial charge in [0, 0.05) is 11.6 Å². The number of para-hydroxylation sites is 2. The Balaban J connectivity index is 1.88. The van der Waals surface area contributed by atoms with Crippen LogP contribution in [-0.2, 0) is 14.8 Å². The number of nitrogens with zero attached hydrogens (tertiary/aromatic N) is 2. The van der Waals surface area contributed by atoms with Crippen molar-refractivity contribution in [2.75, 3.05) is 22.4 Å². The number of rotatable bonds is 5. The fourth-order valence-corrected chi connectivity index (χ4v) is 3.66. The summed E-state index contributed by atoms with van der Waals surface area (Å²) >= 11 is 0. The lowest BCUT2D eigenvalue weighted by Gasteiger charge is -2.23. The molecule has 134 valence electrons. The molecular weight excluding hydrogens is 350 g/mol. The van der Waals surface area contributed by atoms with E-state index in [0.29, 0.717) is 16.9 Å². The van der Waals surface area contributed by atoms with Gasteiger partial charge in [-0.25, -0.2) is 8.42 Å². The highest BCUT2D eigenvalue weighted by atomic mass is 32.2. The number of fused-ring (bicyclic) bond motifs is 1. The molecule has 1 amide bonds. The third-order valence-electron chi connectivity index (χ3n) is 3.98. The number of nitrogens with one attached hydrogen (secondary N) is 1. The number of benzene rings is 2. The van der Waals surface area contributed by atoms with Crippen LogP contribution in [0.3, 0.4) is 0 Å². The van der Waals surface area contributed by atoms with E-state index in [2.05, 4.69) is 10.3 Å². The Kier molecular flexibility index (Phi) is 4.90. The lowest BCUT2D eigenvalue weighted by atomic mass is 10.2. The number of carbonyl (C=O) groups is 1. The molecule has 2 aromatic carbocycles. The van der Waals surface area contributed by atoms with Crippen molar-refractivity contribution in [3.05, 3.63) is 66.4 Å². The van der Waals surface area contributed by atoms with E-state index in [1.54, 1.807) is 37.4 Å². The number of aromatic nitrogens is 1. The predicted octanol–water partition coefficient (Wildman–Crippen LogP) is 2.95. The molecule has 0 aliphatic heterocycles. The number of hydrogen-bond donors (Lipinski definition) is 1. The first-order valence-corrected chi connectivity index (χ1v) is 9.88. The molecule has 6 nitrogen and oxygen atoms in total. The molecule has 1 heterocycles. The second kappa shape index (κ2) is 7.13. The number of carbonyl (C=O) groups excluding carboxylic acids is 1. The van der Waals surface area contributed by atoms with Crippen LogP contribution in [0.1, 0.15) is 5.56 Å². The van der Waals surface area contributed by atoms with Crippen molar-refractivity contribution in [3.8, 4) is 0 Å². The molecule has 0 aliphatic rings. The Morgan fingerprint density at radius 2 is 1.81 bits per heavy atom. The van der Waals surface area contributed by atoms with Gasteiger partial charge in [-0.2, -0.15) is 0 Å². The maximum atomic E-state index is 12.6. The largest absolute Gasteiger partial charge is 0.323 e. The summed E-state index contributed by atoms with van der Waals surface area (Å²) < 4.78 is 25.5. The van der Waals surface area contributed by atoms with Crippen LogP contribution < -0.4 is 9.62 Å². The predicted molar refractivity (Wildman–Crippen MR) is 104 cm³/mol. The summed E-state index contributed by atoms with van der Waals surface area (Å²) in [4.78, 5) is 16.8. The van der Waals surface area contributed by atoms with E-state index in [1.807, 2.05) is 30.3 Å². The summed E-state index contributed by atoms with van der Waals surface area (Å²) in [6.07, 6.45) is 2.74. The van der Waals surface area contributed by atoms with Gasteiger partial charge in [0.15, 0.2) is 0 Å². The van der Waals surface area contributed by atoms with Gasteiger partial charge >= 0.3 is 0 Å². The van der Waals surface area contributed by atoms with E-state index in [0.717, 1.165) is 21.5 Å². The average molecular weight is 369 g/mol. The van der Waals surface area contributed by atoms with Crippen LogP contribution in [0.4, 0.5) is 11.4 Å². The number of sulfonamides is 1. The molecule has 3 rings (SSSR count). The van der Waals surface area contributed by atoms with Gasteiger partial charge in [0.05, 0.1) is 23.1 Å². The fourth-order valence-electron chi connectivity index (χ4n) is 2.75. The van der Waals surface area contributed by atoms with E-state index >= 15 is 0 Å². The molecule has 1 N–H and O–H groups in total. The zero-order chi connectivity index (χ0) is 18.7. The minimum Gasteiger partial charge on any atom is -0.323 e. The van der Waals surface area contributed by atoms with Gasteiger partial charge in [-0.3, -0.25) is 14.1 Å². The van der Waals surface area contributed by atoms with Gasteiger partial charge in [-0.1, -0.05) is 36.4 Å². The molecule has 0 saturated carbocycles. The molecule has 0 saturated heterocycles. The summed E-state index contributed by atoms with van der Waals surface area (Å²) in [5, 5.41) is 3.66. The number of hydrogen-bond acceptors (Lipinski definition) is 4. The van der Waals surface area contributed by atoms with Crippen LogP contribution >= 0.6 is 0 Å². The van der Waals surface area contributed by atoms with Gasteiger partial charge in [-0.05, 0) is 30.7 Å². The third-order valence-corrected chi connectivity index (χ3v) is 5.10. The average Bonchev–Trinajstić information content (AvgIpc) is 2.60. The van der Waals surface area contributed by atoms with E-state index < -0.39 is 15.9 Å². The van der Waals surface area contributed by atoms with Crippen molar-refractivity contribution in [1.29, 1.82) is 0 Å². The molecule has 0 fully saturated rings. The standard InChI is InChI=1S/C19H19N3O3S/c1-14-7-3-4-11-17(14)22(26(2,24)25)13-18(23)21-16-10-5-8-15-9-6-12-20-19(15)16/h3-12H,13H2,1-2H3,(H,21,23). The first kappa shape index (κ1) is 17.9. The molecule has 0 spiro atoms. The van der Waals surface area contributed by atoms with Crippen molar-refractivity contribution in [1.82, 2.24) is 4.98 Å². The molecule has 0 radical (unpaired) electrons. The fraction of sp³-hybridized carbons (Fsp3) is 0.158. The summed E-state index contributed by atoms with van der Waals surface area (Å²) in [7, 11) is -3.61. The third kappa shape index (κ3) is 3.83. The first-order valence-electron chi connectivity index (χ1n) is 8.03. The van der Waals surface area contributed by atoms with Crippen LogP contribution in [0, 0.1) is 6.92 Å². The Morgan fingerprint density at radius 3 is 2.54 bits per heavy atom. The monoisotopic (exact) mass is 369 g/mol. The highest BCUT2D eigenvalue weighted by molar-refractivity contribution is 7.92. The van der Waals surface area contributed by atoms with Crippen LogP contribution in [0.2, 0.25) is 0 Å². The Bertz CT molecular complexity index is 1060. The van der Waals surface area contributed by atoms with Gasteiger partial charge in [0.2, 0.25) is 15.9 Å². The maximum Gasteiger partial charge on any atom is 0.245 e.